The fourth-order valence-corrected chi connectivity index (χ4v) is 2.67. The third-order valence-corrected chi connectivity index (χ3v) is 4.25. The molecule has 8 nitrogen and oxygen atoms in total. The number of aryl methyl sites for hydroxylation is 1. The van der Waals surface area contributed by atoms with Gasteiger partial charge in [0.25, 0.3) is 0 Å². The normalized spacial score (nSPS) is 12.0. The number of nitrogens with zero attached hydrogens (tertiary/aromatic N) is 5. The quantitative estimate of drug-likeness (QED) is 0.757. The van der Waals surface area contributed by atoms with Gasteiger partial charge in [-0.2, -0.15) is 4.52 Å². The number of amides is 1. The van der Waals surface area contributed by atoms with Crippen LogP contribution in [0.4, 0.5) is 16.3 Å². The van der Waals surface area contributed by atoms with E-state index in [-0.39, 0.29) is 12.6 Å². The van der Waals surface area contributed by atoms with Crippen LogP contribution in [0.1, 0.15) is 31.3 Å². The van der Waals surface area contributed by atoms with E-state index in [1.54, 1.807) is 17.5 Å². The third-order valence-electron chi connectivity index (χ3n) is 4.25. The summed E-state index contributed by atoms with van der Waals surface area (Å²) in [5.74, 6) is 1.32. The van der Waals surface area contributed by atoms with Gasteiger partial charge in [-0.25, -0.2) is 4.79 Å². The first-order valence-electron chi connectivity index (χ1n) is 8.46. The summed E-state index contributed by atoms with van der Waals surface area (Å²) in [6, 6.07) is 12.0. The number of carbonyl (C=O) groups excluding carboxylic acids is 1. The zero-order valence-electron chi connectivity index (χ0n) is 15.3. The lowest BCUT2D eigenvalue weighted by atomic mass is 10.1. The smallest absolute Gasteiger partial charge is 0.411 e. The molecule has 3 aromatic rings. The molecule has 0 radical (unpaired) electrons. The summed E-state index contributed by atoms with van der Waals surface area (Å²) in [5.41, 5.74) is 2.14. The van der Waals surface area contributed by atoms with E-state index in [1.807, 2.05) is 37.1 Å². The van der Waals surface area contributed by atoms with Crippen LogP contribution in [0.5, 0.6) is 0 Å². The number of fused-ring (bicyclic) bond motifs is 1. The molecule has 1 aromatic carbocycles. The maximum atomic E-state index is 11.9. The van der Waals surface area contributed by atoms with Gasteiger partial charge in [0, 0.05) is 13.1 Å². The Balaban J connectivity index is 2.00. The summed E-state index contributed by atoms with van der Waals surface area (Å²) in [6.45, 7) is 5.95. The maximum absolute atomic E-state index is 11.9. The van der Waals surface area contributed by atoms with Gasteiger partial charge < -0.3 is 9.64 Å². The molecule has 0 spiro atoms. The Morgan fingerprint density at radius 1 is 1.31 bits per heavy atom. The van der Waals surface area contributed by atoms with Gasteiger partial charge in [0.15, 0.2) is 11.6 Å². The number of aromatic nitrogens is 4. The van der Waals surface area contributed by atoms with Gasteiger partial charge in [-0.3, -0.25) is 5.32 Å². The molecule has 2 aromatic heterocycles. The largest absolute Gasteiger partial charge is 0.450 e. The summed E-state index contributed by atoms with van der Waals surface area (Å²) in [4.78, 5) is 13.9. The van der Waals surface area contributed by atoms with Gasteiger partial charge in [-0.15, -0.1) is 15.3 Å². The standard InChI is InChI=1S/C18H22N6O2/c1-5-26-18(25)19-15-11-16(22-24-13(3)20-21-17(15)24)23(4)12(2)14-9-7-6-8-10-14/h6-12H,5H2,1-4H3,(H,19,25). The van der Waals surface area contributed by atoms with E-state index in [2.05, 4.69) is 39.7 Å². The highest BCUT2D eigenvalue weighted by Crippen LogP contribution is 2.27. The van der Waals surface area contributed by atoms with Crippen molar-refractivity contribution in [3.63, 3.8) is 0 Å². The minimum atomic E-state index is -0.536. The Morgan fingerprint density at radius 3 is 2.73 bits per heavy atom. The summed E-state index contributed by atoms with van der Waals surface area (Å²) >= 11 is 0. The highest BCUT2D eigenvalue weighted by atomic mass is 16.5. The molecule has 1 N–H and O–H groups in total. The molecule has 0 fully saturated rings. The van der Waals surface area contributed by atoms with Crippen LogP contribution in [-0.4, -0.2) is 39.6 Å². The van der Waals surface area contributed by atoms with Crippen LogP contribution in [-0.2, 0) is 4.74 Å². The van der Waals surface area contributed by atoms with E-state index in [0.717, 1.165) is 5.56 Å². The van der Waals surface area contributed by atoms with Crippen molar-refractivity contribution in [3.8, 4) is 0 Å². The van der Waals surface area contributed by atoms with Crippen molar-refractivity contribution >= 4 is 23.2 Å². The average molecular weight is 354 g/mol. The molecule has 8 heteroatoms. The highest BCUT2D eigenvalue weighted by Gasteiger charge is 2.19. The summed E-state index contributed by atoms with van der Waals surface area (Å²) < 4.78 is 6.59. The molecule has 136 valence electrons. The number of hydrogen-bond acceptors (Lipinski definition) is 6. The lowest BCUT2D eigenvalue weighted by molar-refractivity contribution is 0.168. The molecule has 0 aliphatic carbocycles. The SMILES string of the molecule is CCOC(=O)Nc1cc(N(C)C(C)c2ccccc2)nn2c(C)nnc12. The Morgan fingerprint density at radius 2 is 2.04 bits per heavy atom. The Bertz CT molecular complexity index is 909. The number of ether oxygens (including phenoxy) is 1. The molecule has 26 heavy (non-hydrogen) atoms. The first kappa shape index (κ1) is 17.7. The maximum Gasteiger partial charge on any atom is 0.411 e. The van der Waals surface area contributed by atoms with Crippen LogP contribution >= 0.6 is 0 Å². The third kappa shape index (κ3) is 3.44. The molecule has 0 aliphatic heterocycles. The molecule has 3 rings (SSSR count). The Labute approximate surface area is 151 Å². The fourth-order valence-electron chi connectivity index (χ4n) is 2.67. The zero-order valence-corrected chi connectivity index (χ0v) is 15.3. The molecule has 2 heterocycles. The lowest BCUT2D eigenvalue weighted by Gasteiger charge is -2.26. The topological polar surface area (TPSA) is 84.7 Å². The van der Waals surface area contributed by atoms with Crippen molar-refractivity contribution < 1.29 is 9.53 Å². The lowest BCUT2D eigenvalue weighted by Crippen LogP contribution is -2.24. The first-order valence-corrected chi connectivity index (χ1v) is 8.46. The Kier molecular flexibility index (Phi) is 5.01. The number of carbonyl (C=O) groups is 1. The number of nitrogens with one attached hydrogen (secondary N) is 1. The summed E-state index contributed by atoms with van der Waals surface area (Å²) in [5, 5.41) is 15.5. The number of benzene rings is 1. The van der Waals surface area contributed by atoms with Gasteiger partial charge in [0.05, 0.1) is 18.3 Å². The second kappa shape index (κ2) is 7.38. The fraction of sp³-hybridized carbons (Fsp3) is 0.333. The average Bonchev–Trinajstić information content (AvgIpc) is 3.03. The minimum Gasteiger partial charge on any atom is -0.450 e. The van der Waals surface area contributed by atoms with Crippen LogP contribution < -0.4 is 10.2 Å². The van der Waals surface area contributed by atoms with Crippen LogP contribution in [0, 0.1) is 6.92 Å². The minimum absolute atomic E-state index is 0.0911. The van der Waals surface area contributed by atoms with Gasteiger partial charge in [-0.1, -0.05) is 30.3 Å². The van der Waals surface area contributed by atoms with Crippen LogP contribution in [0.2, 0.25) is 0 Å². The van der Waals surface area contributed by atoms with Crippen LogP contribution in [0.15, 0.2) is 36.4 Å². The van der Waals surface area contributed by atoms with Gasteiger partial charge in [0.1, 0.15) is 0 Å². The molecular weight excluding hydrogens is 332 g/mol. The predicted molar refractivity (Wildman–Crippen MR) is 99.4 cm³/mol. The van der Waals surface area contributed by atoms with E-state index in [9.17, 15) is 4.79 Å². The van der Waals surface area contributed by atoms with Gasteiger partial charge >= 0.3 is 6.09 Å². The van der Waals surface area contributed by atoms with E-state index in [1.165, 1.54) is 0 Å². The molecule has 1 amide bonds. The van der Waals surface area contributed by atoms with E-state index < -0.39 is 6.09 Å². The van der Waals surface area contributed by atoms with Crippen molar-refractivity contribution in [1.29, 1.82) is 0 Å². The van der Waals surface area contributed by atoms with Crippen molar-refractivity contribution in [2.45, 2.75) is 26.8 Å². The highest BCUT2D eigenvalue weighted by molar-refractivity contribution is 5.90. The second-order valence-electron chi connectivity index (χ2n) is 5.94. The van der Waals surface area contributed by atoms with Crippen molar-refractivity contribution in [1.82, 2.24) is 19.8 Å². The molecule has 0 saturated heterocycles. The van der Waals surface area contributed by atoms with Crippen LogP contribution in [0.25, 0.3) is 5.65 Å². The van der Waals surface area contributed by atoms with Gasteiger partial charge in [-0.05, 0) is 26.3 Å². The molecule has 0 aliphatic rings. The Hall–Kier alpha value is -3.16. The molecular formula is C18H22N6O2. The van der Waals surface area contributed by atoms with Gasteiger partial charge in [0.2, 0.25) is 5.65 Å². The number of rotatable bonds is 5. The van der Waals surface area contributed by atoms with E-state index in [0.29, 0.717) is 23.0 Å². The summed E-state index contributed by atoms with van der Waals surface area (Å²) in [6.07, 6.45) is -0.536. The van der Waals surface area contributed by atoms with E-state index in [4.69, 9.17) is 4.74 Å². The second-order valence-corrected chi connectivity index (χ2v) is 5.94. The zero-order chi connectivity index (χ0) is 18.7. The molecule has 1 unspecified atom stereocenters. The molecule has 1 atom stereocenters. The number of hydrogen-bond donors (Lipinski definition) is 1. The molecule has 0 saturated carbocycles. The summed E-state index contributed by atoms with van der Waals surface area (Å²) in [7, 11) is 1.96. The van der Waals surface area contributed by atoms with Crippen molar-refractivity contribution in [2.24, 2.45) is 0 Å². The molecule has 0 bridgehead atoms. The van der Waals surface area contributed by atoms with Crippen LogP contribution in [0.3, 0.4) is 0 Å². The van der Waals surface area contributed by atoms with E-state index >= 15 is 0 Å². The van der Waals surface area contributed by atoms with Crippen molar-refractivity contribution in [2.75, 3.05) is 23.9 Å². The monoisotopic (exact) mass is 354 g/mol. The predicted octanol–water partition coefficient (Wildman–Crippen LogP) is 3.20. The van der Waals surface area contributed by atoms with Crippen molar-refractivity contribution in [3.05, 3.63) is 47.8 Å². The number of anilines is 2. The first-order chi connectivity index (χ1) is 12.5.